The summed E-state index contributed by atoms with van der Waals surface area (Å²) in [6, 6.07) is 5.62. The third kappa shape index (κ3) is 2.00. The third-order valence-electron chi connectivity index (χ3n) is 5.30. The largest absolute Gasteiger partial charge is 0.497 e. The summed E-state index contributed by atoms with van der Waals surface area (Å²) < 4.78 is 7.43. The minimum absolute atomic E-state index is 0.310. The van der Waals surface area contributed by atoms with Crippen LogP contribution in [0.2, 0.25) is 0 Å². The van der Waals surface area contributed by atoms with Crippen molar-refractivity contribution in [2.45, 2.75) is 19.4 Å². The molecule has 22 heavy (non-hydrogen) atoms. The van der Waals surface area contributed by atoms with Crippen LogP contribution in [0.4, 0.5) is 0 Å². The molecule has 0 spiro atoms. The summed E-state index contributed by atoms with van der Waals surface area (Å²) in [5.41, 5.74) is 1.64. The summed E-state index contributed by atoms with van der Waals surface area (Å²) >= 11 is 0. The van der Waals surface area contributed by atoms with Gasteiger partial charge in [-0.15, -0.1) is 0 Å². The van der Waals surface area contributed by atoms with Gasteiger partial charge in [-0.05, 0) is 38.1 Å². The normalized spacial score (nSPS) is 26.7. The van der Waals surface area contributed by atoms with Gasteiger partial charge in [0.25, 0.3) is 0 Å². The summed E-state index contributed by atoms with van der Waals surface area (Å²) in [7, 11) is 1.64. The summed E-state index contributed by atoms with van der Waals surface area (Å²) in [5.74, 6) is -0.105. The van der Waals surface area contributed by atoms with E-state index in [0.717, 1.165) is 29.7 Å². The van der Waals surface area contributed by atoms with Gasteiger partial charge in [0.1, 0.15) is 5.75 Å². The molecule has 1 N–H and O–H groups in total. The molecule has 0 atom stereocenters. The predicted molar refractivity (Wildman–Crippen MR) is 83.6 cm³/mol. The highest BCUT2D eigenvalue weighted by atomic mass is 16.5. The Morgan fingerprint density at radius 3 is 2.73 bits per heavy atom. The number of hydrogen-bond donors (Lipinski definition) is 1. The molecule has 2 aromatic rings. The zero-order chi connectivity index (χ0) is 15.3. The maximum Gasteiger partial charge on any atom is 0.337 e. The number of ether oxygens (including phenoxy) is 1. The van der Waals surface area contributed by atoms with Crippen molar-refractivity contribution >= 4 is 16.9 Å². The van der Waals surface area contributed by atoms with Crippen LogP contribution in [0.3, 0.4) is 0 Å². The van der Waals surface area contributed by atoms with E-state index in [4.69, 9.17) is 4.74 Å². The molecule has 0 radical (unpaired) electrons. The Labute approximate surface area is 129 Å². The van der Waals surface area contributed by atoms with Crippen LogP contribution in [0.25, 0.3) is 10.9 Å². The monoisotopic (exact) mass is 300 g/mol. The Bertz CT molecular complexity index is 742. The van der Waals surface area contributed by atoms with Gasteiger partial charge in [0.15, 0.2) is 0 Å². The van der Waals surface area contributed by atoms with Crippen LogP contribution >= 0.6 is 0 Å². The van der Waals surface area contributed by atoms with E-state index in [1.807, 2.05) is 18.2 Å². The first kappa shape index (κ1) is 13.6. The van der Waals surface area contributed by atoms with Crippen molar-refractivity contribution in [3.8, 4) is 5.75 Å². The van der Waals surface area contributed by atoms with Crippen LogP contribution in [0.1, 0.15) is 23.2 Å². The van der Waals surface area contributed by atoms with Crippen LogP contribution < -0.4 is 4.74 Å². The first-order valence-electron chi connectivity index (χ1n) is 7.73. The first-order chi connectivity index (χ1) is 10.6. The van der Waals surface area contributed by atoms with E-state index in [9.17, 15) is 9.90 Å². The topological polar surface area (TPSA) is 54.7 Å². The zero-order valence-corrected chi connectivity index (χ0v) is 12.7. The lowest BCUT2D eigenvalue weighted by atomic mass is 9.84. The van der Waals surface area contributed by atoms with Gasteiger partial charge in [-0.3, -0.25) is 0 Å². The second-order valence-corrected chi connectivity index (χ2v) is 6.64. The maximum atomic E-state index is 11.5. The van der Waals surface area contributed by atoms with E-state index in [1.54, 1.807) is 13.3 Å². The van der Waals surface area contributed by atoms with E-state index in [0.29, 0.717) is 11.0 Å². The van der Waals surface area contributed by atoms with Crippen molar-refractivity contribution in [2.24, 2.45) is 5.41 Å². The summed E-state index contributed by atoms with van der Waals surface area (Å²) in [6.45, 7) is 4.38. The van der Waals surface area contributed by atoms with Gasteiger partial charge in [0.2, 0.25) is 0 Å². The van der Waals surface area contributed by atoms with Gasteiger partial charge >= 0.3 is 5.97 Å². The van der Waals surface area contributed by atoms with Gasteiger partial charge in [0, 0.05) is 36.2 Å². The number of carboxylic acid groups (broad SMARTS) is 1. The van der Waals surface area contributed by atoms with E-state index in [2.05, 4.69) is 9.47 Å². The van der Waals surface area contributed by atoms with Crippen molar-refractivity contribution in [1.82, 2.24) is 9.47 Å². The summed E-state index contributed by atoms with van der Waals surface area (Å²) in [5, 5.41) is 10.2. The lowest BCUT2D eigenvalue weighted by molar-refractivity contribution is 0.0698. The molecule has 1 aromatic carbocycles. The third-order valence-corrected chi connectivity index (χ3v) is 5.30. The number of carbonyl (C=O) groups is 1. The van der Waals surface area contributed by atoms with E-state index < -0.39 is 5.97 Å². The van der Waals surface area contributed by atoms with Crippen molar-refractivity contribution < 1.29 is 14.6 Å². The highest BCUT2D eigenvalue weighted by Crippen LogP contribution is 2.42. The molecule has 2 fully saturated rings. The fraction of sp³-hybridized carbons (Fsp3) is 0.471. The average molecular weight is 300 g/mol. The molecule has 0 amide bonds. The minimum atomic E-state index is -0.870. The lowest BCUT2D eigenvalue weighted by Crippen LogP contribution is -2.25. The molecule has 0 unspecified atom stereocenters. The van der Waals surface area contributed by atoms with E-state index >= 15 is 0 Å². The molecule has 4 rings (SSSR count). The Morgan fingerprint density at radius 2 is 2.14 bits per heavy atom. The smallest absolute Gasteiger partial charge is 0.337 e. The van der Waals surface area contributed by atoms with Gasteiger partial charge in [-0.2, -0.15) is 0 Å². The maximum absolute atomic E-state index is 11.5. The van der Waals surface area contributed by atoms with E-state index in [1.165, 1.54) is 25.9 Å². The Morgan fingerprint density at radius 1 is 1.36 bits per heavy atom. The molecule has 0 saturated carbocycles. The number of aromatic carboxylic acids is 1. The van der Waals surface area contributed by atoms with Crippen LogP contribution in [0, 0.1) is 5.41 Å². The molecule has 5 nitrogen and oxygen atoms in total. The number of carboxylic acids is 1. The number of benzene rings is 1. The van der Waals surface area contributed by atoms with Crippen molar-refractivity contribution in [2.75, 3.05) is 26.7 Å². The molecular formula is C17H20N2O3. The standard InChI is InChI=1S/C17H20N2O3/c1-22-12-2-3-13-14(16(20)21)9-19(15(13)8-12)11-17-4-6-18(10-17)7-5-17/h2-3,8-9H,4-7,10-11H2,1H3,(H,20,21). The highest BCUT2D eigenvalue weighted by molar-refractivity contribution is 6.03. The second kappa shape index (κ2) is 4.74. The second-order valence-electron chi connectivity index (χ2n) is 6.64. The van der Waals surface area contributed by atoms with Crippen molar-refractivity contribution in [3.05, 3.63) is 30.0 Å². The molecule has 5 heteroatoms. The van der Waals surface area contributed by atoms with Crippen molar-refractivity contribution in [3.63, 3.8) is 0 Å². The highest BCUT2D eigenvalue weighted by Gasteiger charge is 2.43. The molecule has 3 heterocycles. The molecule has 2 bridgehead atoms. The number of piperidine rings is 1. The molecular weight excluding hydrogens is 280 g/mol. The van der Waals surface area contributed by atoms with Gasteiger partial charge in [-0.25, -0.2) is 4.79 Å². The average Bonchev–Trinajstić information content (AvgIpc) is 3.20. The summed E-state index contributed by atoms with van der Waals surface area (Å²) in [6.07, 6.45) is 4.21. The van der Waals surface area contributed by atoms with Crippen molar-refractivity contribution in [1.29, 1.82) is 0 Å². The fourth-order valence-corrected chi connectivity index (χ4v) is 4.09. The minimum Gasteiger partial charge on any atom is -0.497 e. The number of nitrogens with zero attached hydrogens (tertiary/aromatic N) is 2. The Hall–Kier alpha value is -2.01. The zero-order valence-electron chi connectivity index (χ0n) is 12.7. The van der Waals surface area contributed by atoms with Crippen LogP contribution in [0.5, 0.6) is 5.75 Å². The van der Waals surface area contributed by atoms with Crippen LogP contribution in [0.15, 0.2) is 24.4 Å². The molecule has 2 aliphatic rings. The summed E-state index contributed by atoms with van der Waals surface area (Å²) in [4.78, 5) is 14.0. The molecule has 1 aromatic heterocycles. The number of aromatic nitrogens is 1. The van der Waals surface area contributed by atoms with Crippen LogP contribution in [-0.4, -0.2) is 47.3 Å². The lowest BCUT2D eigenvalue weighted by Gasteiger charge is -2.26. The van der Waals surface area contributed by atoms with E-state index in [-0.39, 0.29) is 0 Å². The fourth-order valence-electron chi connectivity index (χ4n) is 4.09. The number of fused-ring (bicyclic) bond motifs is 3. The SMILES string of the molecule is COc1ccc2c(C(=O)O)cn(CC34CCN(CC3)C4)c2c1. The first-order valence-corrected chi connectivity index (χ1v) is 7.73. The number of hydrogen-bond acceptors (Lipinski definition) is 3. The Kier molecular flexibility index (Phi) is 2.94. The number of methoxy groups -OCH3 is 1. The Balaban J connectivity index is 1.80. The molecule has 2 saturated heterocycles. The molecule has 2 aliphatic heterocycles. The van der Waals surface area contributed by atoms with Gasteiger partial charge in [-0.1, -0.05) is 0 Å². The number of rotatable bonds is 4. The molecule has 116 valence electrons. The van der Waals surface area contributed by atoms with Crippen LogP contribution in [-0.2, 0) is 6.54 Å². The predicted octanol–water partition coefficient (Wildman–Crippen LogP) is 2.44. The quantitative estimate of drug-likeness (QED) is 0.942. The molecule has 0 aliphatic carbocycles. The van der Waals surface area contributed by atoms with Gasteiger partial charge < -0.3 is 19.3 Å². The van der Waals surface area contributed by atoms with Gasteiger partial charge in [0.05, 0.1) is 18.2 Å².